The molecule has 138 valence electrons. The second-order valence-corrected chi connectivity index (χ2v) is 6.51. The quantitative estimate of drug-likeness (QED) is 0.812. The molecule has 1 fully saturated rings. The summed E-state index contributed by atoms with van der Waals surface area (Å²) in [7, 11) is 0. The molecule has 1 aliphatic heterocycles. The maximum Gasteiger partial charge on any atom is 0.286 e. The number of hydrogen-bond acceptors (Lipinski definition) is 7. The molecule has 0 bridgehead atoms. The smallest absolute Gasteiger partial charge is 0.286 e. The maximum absolute atomic E-state index is 13.1. The minimum atomic E-state index is -0.483. The van der Waals surface area contributed by atoms with E-state index in [4.69, 9.17) is 9.47 Å². The molecule has 1 aromatic carbocycles. The van der Waals surface area contributed by atoms with Crippen LogP contribution in [0, 0.1) is 5.82 Å². The van der Waals surface area contributed by atoms with Crippen LogP contribution in [-0.4, -0.2) is 59.8 Å². The molecule has 2 aromatic rings. The first-order chi connectivity index (χ1) is 12.6. The predicted molar refractivity (Wildman–Crippen MR) is 91.3 cm³/mol. The number of carbonyl (C=O) groups is 2. The van der Waals surface area contributed by atoms with Crippen LogP contribution in [0.4, 0.5) is 10.1 Å². The van der Waals surface area contributed by atoms with Crippen molar-refractivity contribution in [3.05, 3.63) is 40.1 Å². The van der Waals surface area contributed by atoms with E-state index in [1.165, 1.54) is 18.2 Å². The second kappa shape index (κ2) is 8.79. The molecular weight excluding hydrogens is 363 g/mol. The Morgan fingerprint density at radius 2 is 2.12 bits per heavy atom. The molecule has 1 aliphatic rings. The van der Waals surface area contributed by atoms with Crippen molar-refractivity contribution in [2.75, 3.05) is 38.2 Å². The predicted octanol–water partition coefficient (Wildman–Crippen LogP) is 1.30. The van der Waals surface area contributed by atoms with E-state index in [-0.39, 0.29) is 24.1 Å². The Balaban J connectivity index is 1.46. The Morgan fingerprint density at radius 1 is 1.31 bits per heavy atom. The Hall–Kier alpha value is -2.43. The van der Waals surface area contributed by atoms with Crippen molar-refractivity contribution in [1.29, 1.82) is 0 Å². The van der Waals surface area contributed by atoms with Gasteiger partial charge in [0.1, 0.15) is 24.0 Å². The van der Waals surface area contributed by atoms with Gasteiger partial charge < -0.3 is 19.7 Å². The van der Waals surface area contributed by atoms with Crippen molar-refractivity contribution in [2.45, 2.75) is 6.61 Å². The summed E-state index contributed by atoms with van der Waals surface area (Å²) in [5, 5.41) is 10.8. The van der Waals surface area contributed by atoms with Crippen LogP contribution in [-0.2, 0) is 20.9 Å². The van der Waals surface area contributed by atoms with E-state index >= 15 is 0 Å². The lowest BCUT2D eigenvalue weighted by atomic mass is 10.3. The van der Waals surface area contributed by atoms with Gasteiger partial charge in [-0.2, -0.15) is 0 Å². The van der Waals surface area contributed by atoms with Crippen LogP contribution >= 0.6 is 11.3 Å². The van der Waals surface area contributed by atoms with Gasteiger partial charge in [-0.05, 0) is 18.2 Å². The van der Waals surface area contributed by atoms with Gasteiger partial charge in [-0.15, -0.1) is 10.2 Å². The fourth-order valence-electron chi connectivity index (χ4n) is 2.28. The average molecular weight is 380 g/mol. The van der Waals surface area contributed by atoms with Gasteiger partial charge in [-0.1, -0.05) is 17.4 Å². The number of aromatic nitrogens is 2. The number of amides is 2. The molecular formula is C16H17FN4O4S. The van der Waals surface area contributed by atoms with Gasteiger partial charge in [0.2, 0.25) is 10.9 Å². The van der Waals surface area contributed by atoms with E-state index in [1.54, 1.807) is 11.0 Å². The first-order valence-electron chi connectivity index (χ1n) is 7.94. The Bertz CT molecular complexity index is 779. The third kappa shape index (κ3) is 5.04. The van der Waals surface area contributed by atoms with Crippen LogP contribution in [0.3, 0.4) is 0 Å². The van der Waals surface area contributed by atoms with E-state index in [0.29, 0.717) is 37.0 Å². The van der Waals surface area contributed by atoms with Crippen LogP contribution in [0.2, 0.25) is 0 Å². The summed E-state index contributed by atoms with van der Waals surface area (Å²) >= 11 is 1.05. The molecule has 8 nitrogen and oxygen atoms in total. The number of anilines is 1. The monoisotopic (exact) mass is 380 g/mol. The Labute approximate surface area is 152 Å². The van der Waals surface area contributed by atoms with Crippen LogP contribution in [0.1, 0.15) is 14.8 Å². The van der Waals surface area contributed by atoms with E-state index in [2.05, 4.69) is 15.5 Å². The molecule has 1 N–H and O–H groups in total. The Kier molecular flexibility index (Phi) is 6.21. The van der Waals surface area contributed by atoms with Crippen molar-refractivity contribution in [3.63, 3.8) is 0 Å². The lowest BCUT2D eigenvalue weighted by molar-refractivity contribution is -0.140. The summed E-state index contributed by atoms with van der Waals surface area (Å²) in [6, 6.07) is 5.56. The number of nitrogens with one attached hydrogen (secondary N) is 1. The normalized spacial score (nSPS) is 14.3. The van der Waals surface area contributed by atoms with Gasteiger partial charge in [0.15, 0.2) is 0 Å². The summed E-state index contributed by atoms with van der Waals surface area (Å²) in [5.74, 6) is -1.04. The summed E-state index contributed by atoms with van der Waals surface area (Å²) in [6.45, 7) is 2.21. The van der Waals surface area contributed by atoms with E-state index in [9.17, 15) is 14.0 Å². The third-order valence-electron chi connectivity index (χ3n) is 3.56. The Morgan fingerprint density at radius 3 is 2.88 bits per heavy atom. The topological polar surface area (TPSA) is 93.7 Å². The molecule has 0 atom stereocenters. The number of carbonyl (C=O) groups excluding carboxylic acids is 2. The number of halogens is 1. The van der Waals surface area contributed by atoms with Gasteiger partial charge in [-0.3, -0.25) is 9.59 Å². The zero-order valence-electron chi connectivity index (χ0n) is 13.8. The average Bonchev–Trinajstić information content (AvgIpc) is 3.11. The summed E-state index contributed by atoms with van der Waals surface area (Å²) in [5.41, 5.74) is 0.333. The van der Waals surface area contributed by atoms with Crippen molar-refractivity contribution >= 4 is 28.8 Å². The fraction of sp³-hybridized carbons (Fsp3) is 0.375. The molecule has 0 radical (unpaired) electrons. The number of ether oxygens (including phenoxy) is 2. The van der Waals surface area contributed by atoms with Gasteiger partial charge in [0, 0.05) is 18.8 Å². The molecule has 0 unspecified atom stereocenters. The third-order valence-corrected chi connectivity index (χ3v) is 4.45. The van der Waals surface area contributed by atoms with Crippen LogP contribution < -0.4 is 5.32 Å². The standard InChI is InChI=1S/C16H17FN4O4S/c17-11-2-1-3-12(8-11)18-15(23)16-20-19-13(26-16)9-25-10-14(22)21-4-6-24-7-5-21/h1-3,8H,4-7,9-10H2,(H,18,23). The number of benzene rings is 1. The SMILES string of the molecule is O=C(Nc1cccc(F)c1)c1nnc(COCC(=O)N2CCOCC2)s1. The molecule has 0 saturated carbocycles. The zero-order chi connectivity index (χ0) is 18.4. The maximum atomic E-state index is 13.1. The van der Waals surface area contributed by atoms with Crippen molar-refractivity contribution in [1.82, 2.24) is 15.1 Å². The van der Waals surface area contributed by atoms with Crippen LogP contribution in [0.15, 0.2) is 24.3 Å². The lowest BCUT2D eigenvalue weighted by Gasteiger charge is -2.26. The molecule has 1 aromatic heterocycles. The minimum Gasteiger partial charge on any atom is -0.378 e. The molecule has 26 heavy (non-hydrogen) atoms. The number of hydrogen-bond donors (Lipinski definition) is 1. The number of nitrogens with zero attached hydrogens (tertiary/aromatic N) is 3. The van der Waals surface area contributed by atoms with E-state index in [0.717, 1.165) is 11.3 Å². The second-order valence-electron chi connectivity index (χ2n) is 5.45. The summed E-state index contributed by atoms with van der Waals surface area (Å²) < 4.78 is 23.7. The highest BCUT2D eigenvalue weighted by Crippen LogP contribution is 2.15. The highest BCUT2D eigenvalue weighted by molar-refractivity contribution is 7.13. The molecule has 2 heterocycles. The molecule has 10 heteroatoms. The summed E-state index contributed by atoms with van der Waals surface area (Å²) in [4.78, 5) is 25.7. The van der Waals surface area contributed by atoms with Crippen LogP contribution in [0.25, 0.3) is 0 Å². The van der Waals surface area contributed by atoms with E-state index < -0.39 is 11.7 Å². The summed E-state index contributed by atoms with van der Waals surface area (Å²) in [6.07, 6.45) is 0. The molecule has 3 rings (SSSR count). The molecule has 1 saturated heterocycles. The van der Waals surface area contributed by atoms with Gasteiger partial charge in [-0.25, -0.2) is 4.39 Å². The van der Waals surface area contributed by atoms with Crippen molar-refractivity contribution < 1.29 is 23.5 Å². The first kappa shape index (κ1) is 18.4. The van der Waals surface area contributed by atoms with Gasteiger partial charge >= 0.3 is 0 Å². The zero-order valence-corrected chi connectivity index (χ0v) is 14.6. The highest BCUT2D eigenvalue weighted by Gasteiger charge is 2.18. The van der Waals surface area contributed by atoms with Crippen molar-refractivity contribution in [3.8, 4) is 0 Å². The van der Waals surface area contributed by atoms with Crippen LogP contribution in [0.5, 0.6) is 0 Å². The molecule has 0 spiro atoms. The van der Waals surface area contributed by atoms with Gasteiger partial charge in [0.05, 0.1) is 13.2 Å². The highest BCUT2D eigenvalue weighted by atomic mass is 32.1. The number of rotatable bonds is 6. The molecule has 0 aliphatic carbocycles. The first-order valence-corrected chi connectivity index (χ1v) is 8.76. The van der Waals surface area contributed by atoms with Gasteiger partial charge in [0.25, 0.3) is 5.91 Å². The largest absolute Gasteiger partial charge is 0.378 e. The minimum absolute atomic E-state index is 0.0651. The fourth-order valence-corrected chi connectivity index (χ4v) is 2.96. The van der Waals surface area contributed by atoms with Crippen molar-refractivity contribution in [2.24, 2.45) is 0 Å². The number of morpholine rings is 1. The van der Waals surface area contributed by atoms with E-state index in [1.807, 2.05) is 0 Å². The lowest BCUT2D eigenvalue weighted by Crippen LogP contribution is -2.42. The molecule has 2 amide bonds.